The summed E-state index contributed by atoms with van der Waals surface area (Å²) in [5, 5.41) is 0. The first kappa shape index (κ1) is 18.9. The molecule has 0 atom stereocenters. The Labute approximate surface area is 149 Å². The summed E-state index contributed by atoms with van der Waals surface area (Å²) in [7, 11) is 1.33. The fourth-order valence-corrected chi connectivity index (χ4v) is 4.79. The quantitative estimate of drug-likeness (QED) is 0.460. The minimum atomic E-state index is -4.12. The van der Waals surface area contributed by atoms with Crippen LogP contribution in [0.15, 0.2) is 21.5 Å². The summed E-state index contributed by atoms with van der Waals surface area (Å²) < 4.78 is 24.5. The normalized spacial score (nSPS) is 11.3. The maximum atomic E-state index is 12.1. The molecule has 0 unspecified atom stereocenters. The average Bonchev–Trinajstić information content (AvgIpc) is 2.38. The Bertz CT molecular complexity index is 677. The third kappa shape index (κ3) is 4.40. The third-order valence-corrected chi connectivity index (χ3v) is 5.20. The van der Waals surface area contributed by atoms with Crippen LogP contribution in [0.25, 0.3) is 0 Å². The highest BCUT2D eigenvalue weighted by Crippen LogP contribution is 2.36. The van der Waals surface area contributed by atoms with Crippen LogP contribution in [0.3, 0.4) is 0 Å². The molecule has 0 spiro atoms. The van der Waals surface area contributed by atoms with E-state index in [1.54, 1.807) is 19.9 Å². The van der Waals surface area contributed by atoms with Crippen molar-refractivity contribution in [3.63, 3.8) is 0 Å². The molecular weight excluding hydrogens is 496 g/mol. The lowest BCUT2D eigenvalue weighted by molar-refractivity contribution is -0.126. The smallest absolute Gasteiger partial charge is 0.263 e. The molecule has 116 valence electrons. The fourth-order valence-electron chi connectivity index (χ4n) is 1.65. The summed E-state index contributed by atoms with van der Waals surface area (Å²) in [6.07, 6.45) is 0.138. The topological polar surface area (TPSA) is 71.5 Å². The Morgan fingerprint density at radius 1 is 1.24 bits per heavy atom. The highest BCUT2D eigenvalue weighted by Gasteiger charge is 2.30. The summed E-state index contributed by atoms with van der Waals surface area (Å²) in [5.41, 5.74) is 0.00694. The molecule has 0 fully saturated rings. The van der Waals surface area contributed by atoms with Gasteiger partial charge in [0.05, 0.1) is 5.69 Å². The number of nitrogens with zero attached hydrogens (tertiary/aromatic N) is 1. The average molecular weight is 509 g/mol. The molecule has 0 aromatic heterocycles. The molecule has 0 aliphatic rings. The number of rotatable bonds is 4. The van der Waals surface area contributed by atoms with Crippen molar-refractivity contribution in [3.05, 3.63) is 20.2 Å². The zero-order valence-electron chi connectivity index (χ0n) is 11.2. The molecule has 1 aromatic rings. The van der Waals surface area contributed by atoms with Gasteiger partial charge in [0.1, 0.15) is 4.90 Å². The van der Waals surface area contributed by atoms with Gasteiger partial charge in [-0.25, -0.2) is 13.3 Å². The van der Waals surface area contributed by atoms with Crippen molar-refractivity contribution >= 4 is 75.8 Å². The predicted molar refractivity (Wildman–Crippen MR) is 93.0 cm³/mol. The van der Waals surface area contributed by atoms with E-state index in [1.807, 2.05) is 22.6 Å². The van der Waals surface area contributed by atoms with E-state index < -0.39 is 20.9 Å². The van der Waals surface area contributed by atoms with Gasteiger partial charge in [-0.1, -0.05) is 29.8 Å². The Morgan fingerprint density at radius 2 is 1.71 bits per heavy atom. The van der Waals surface area contributed by atoms with E-state index in [9.17, 15) is 18.0 Å². The van der Waals surface area contributed by atoms with Crippen molar-refractivity contribution in [1.29, 1.82) is 0 Å². The first-order valence-corrected chi connectivity index (χ1v) is 10.1. The van der Waals surface area contributed by atoms with Gasteiger partial charge in [-0.2, -0.15) is 0 Å². The van der Waals surface area contributed by atoms with Crippen LogP contribution in [-0.2, 0) is 18.6 Å². The second kappa shape index (κ2) is 7.38. The first-order chi connectivity index (χ1) is 9.63. The number of anilines is 1. The molecule has 2 amide bonds. The van der Waals surface area contributed by atoms with Crippen molar-refractivity contribution in [2.45, 2.75) is 31.6 Å². The number of halogens is 3. The van der Waals surface area contributed by atoms with Crippen molar-refractivity contribution in [1.82, 2.24) is 0 Å². The van der Waals surface area contributed by atoms with Crippen LogP contribution in [-0.4, -0.2) is 20.2 Å². The van der Waals surface area contributed by atoms with Gasteiger partial charge in [-0.05, 0) is 34.7 Å². The molecule has 0 saturated heterocycles. The lowest BCUT2D eigenvalue weighted by atomic mass is 10.2. The van der Waals surface area contributed by atoms with E-state index in [1.165, 1.54) is 6.07 Å². The molecule has 0 N–H and O–H groups in total. The van der Waals surface area contributed by atoms with Crippen LogP contribution in [0.4, 0.5) is 5.69 Å². The second-order valence-corrected chi connectivity index (χ2v) is 8.61. The third-order valence-electron chi connectivity index (χ3n) is 2.58. The largest absolute Gasteiger partial charge is 0.274 e. The number of imide groups is 1. The summed E-state index contributed by atoms with van der Waals surface area (Å²) in [5.74, 6) is -0.965. The van der Waals surface area contributed by atoms with E-state index in [-0.39, 0.29) is 23.4 Å². The number of hydrogen-bond acceptors (Lipinski definition) is 4. The molecule has 0 aliphatic heterocycles. The Hall–Kier alpha value is -0.190. The van der Waals surface area contributed by atoms with Crippen LogP contribution in [0.5, 0.6) is 0 Å². The molecule has 0 bridgehead atoms. The molecule has 21 heavy (non-hydrogen) atoms. The highest BCUT2D eigenvalue weighted by molar-refractivity contribution is 14.1. The van der Waals surface area contributed by atoms with E-state index >= 15 is 0 Å². The van der Waals surface area contributed by atoms with Crippen LogP contribution in [0, 0.1) is 3.57 Å². The molecule has 0 saturated carbocycles. The fraction of sp³-hybridized carbons (Fsp3) is 0.333. The first-order valence-electron chi connectivity index (χ1n) is 5.92. The van der Waals surface area contributed by atoms with Crippen molar-refractivity contribution in [3.8, 4) is 0 Å². The SMILES string of the molecule is CCC(=O)N(C(=O)CC)c1c(I)cc(Br)cc1S(=O)(=O)Cl. The summed E-state index contributed by atoms with van der Waals surface area (Å²) in [6.45, 7) is 3.19. The molecule has 5 nitrogen and oxygen atoms in total. The van der Waals surface area contributed by atoms with Crippen LogP contribution in [0.1, 0.15) is 26.7 Å². The molecule has 9 heteroatoms. The van der Waals surface area contributed by atoms with Crippen molar-refractivity contribution in [2.24, 2.45) is 0 Å². The van der Waals surface area contributed by atoms with Gasteiger partial charge in [-0.15, -0.1) is 0 Å². The van der Waals surface area contributed by atoms with Crippen LogP contribution in [0.2, 0.25) is 0 Å². The Balaban J connectivity index is 3.73. The maximum absolute atomic E-state index is 12.1. The maximum Gasteiger partial charge on any atom is 0.263 e. The molecule has 0 radical (unpaired) electrons. The van der Waals surface area contributed by atoms with E-state index in [0.29, 0.717) is 8.04 Å². The number of hydrogen-bond donors (Lipinski definition) is 0. The van der Waals surface area contributed by atoms with E-state index in [2.05, 4.69) is 15.9 Å². The highest BCUT2D eigenvalue weighted by atomic mass is 127. The number of benzene rings is 1. The molecule has 1 rings (SSSR count). The van der Waals surface area contributed by atoms with Gasteiger partial charge < -0.3 is 0 Å². The number of carbonyl (C=O) groups is 2. The summed E-state index contributed by atoms with van der Waals surface area (Å²) >= 11 is 5.05. The van der Waals surface area contributed by atoms with Gasteiger partial charge in [0.2, 0.25) is 11.8 Å². The van der Waals surface area contributed by atoms with Crippen molar-refractivity contribution < 1.29 is 18.0 Å². The molecule has 0 aliphatic carbocycles. The van der Waals surface area contributed by atoms with Crippen LogP contribution >= 0.6 is 49.2 Å². The zero-order chi connectivity index (χ0) is 16.4. The van der Waals surface area contributed by atoms with E-state index in [0.717, 1.165) is 4.90 Å². The lowest BCUT2D eigenvalue weighted by Gasteiger charge is -2.23. The Kier molecular flexibility index (Phi) is 6.63. The molecule has 1 aromatic carbocycles. The van der Waals surface area contributed by atoms with Gasteiger partial charge in [-0.3, -0.25) is 9.59 Å². The van der Waals surface area contributed by atoms with Gasteiger partial charge in [0, 0.05) is 31.6 Å². The second-order valence-electron chi connectivity index (χ2n) is 4.00. The standard InChI is InChI=1S/C12H12BrClINO4S/c1-3-10(17)16(11(18)4-2)12-8(15)5-7(13)6-9(12)21(14,19)20/h5-6H,3-4H2,1-2H3. The number of carbonyl (C=O) groups excluding carboxylic acids is 2. The van der Waals surface area contributed by atoms with Crippen molar-refractivity contribution in [2.75, 3.05) is 4.90 Å². The van der Waals surface area contributed by atoms with Gasteiger partial charge in [0.25, 0.3) is 9.05 Å². The number of amides is 2. The molecule has 0 heterocycles. The van der Waals surface area contributed by atoms with Crippen LogP contribution < -0.4 is 4.90 Å². The Morgan fingerprint density at radius 3 is 2.10 bits per heavy atom. The predicted octanol–water partition coefficient (Wildman–Crippen LogP) is 3.66. The minimum Gasteiger partial charge on any atom is -0.274 e. The monoisotopic (exact) mass is 507 g/mol. The van der Waals surface area contributed by atoms with Gasteiger partial charge >= 0.3 is 0 Å². The summed E-state index contributed by atoms with van der Waals surface area (Å²) in [4.78, 5) is 24.8. The van der Waals surface area contributed by atoms with Gasteiger partial charge in [0.15, 0.2) is 0 Å². The zero-order valence-corrected chi connectivity index (χ0v) is 16.5. The van der Waals surface area contributed by atoms with E-state index in [4.69, 9.17) is 10.7 Å². The molecular formula is C12H12BrClINO4S. The summed E-state index contributed by atoms with van der Waals surface area (Å²) in [6, 6.07) is 2.89. The lowest BCUT2D eigenvalue weighted by Crippen LogP contribution is -2.37. The minimum absolute atomic E-state index is 0.00694.